The van der Waals surface area contributed by atoms with E-state index in [0.29, 0.717) is 38.8 Å². The molecule has 18 nitrogen and oxygen atoms in total. The number of nitrogens with one attached hydrogen (secondary N) is 7. The minimum atomic E-state index is -0.985. The number of fused-ring (bicyclic) bond motifs is 2. The van der Waals surface area contributed by atoms with Crippen molar-refractivity contribution in [2.45, 2.75) is 165 Å². The zero-order chi connectivity index (χ0) is 50.6. The molecule has 18 heteroatoms. The predicted molar refractivity (Wildman–Crippen MR) is 266 cm³/mol. The van der Waals surface area contributed by atoms with Gasteiger partial charge in [0.15, 0.2) is 11.6 Å². The van der Waals surface area contributed by atoms with Gasteiger partial charge >= 0.3 is 0 Å². The number of aromatic nitrogens is 2. The molecular weight excluding hydrogens is 905 g/mol. The maximum atomic E-state index is 14.2. The van der Waals surface area contributed by atoms with Crippen LogP contribution in [0.1, 0.15) is 159 Å². The van der Waals surface area contributed by atoms with Crippen LogP contribution in [-0.4, -0.2) is 130 Å². The van der Waals surface area contributed by atoms with Crippen LogP contribution in [0.4, 0.5) is 0 Å². The molecule has 3 aromatic rings. The van der Waals surface area contributed by atoms with Gasteiger partial charge in [0.1, 0.15) is 35.6 Å². The monoisotopic (exact) mass is 977 g/mol. The molecule has 6 amide bonds. The topological polar surface area (TPSA) is 244 Å². The number of amides is 6. The highest BCUT2D eigenvalue weighted by molar-refractivity contribution is 6.00. The second-order valence-corrected chi connectivity index (χ2v) is 19.6. The summed E-state index contributed by atoms with van der Waals surface area (Å²) in [6.45, 7) is 4.08. The second-order valence-electron chi connectivity index (χ2n) is 19.6. The van der Waals surface area contributed by atoms with E-state index in [0.717, 1.165) is 49.7 Å². The molecule has 2 aliphatic carbocycles. The first-order chi connectivity index (χ1) is 34.3. The zero-order valence-corrected chi connectivity index (χ0v) is 41.7. The molecule has 7 rings (SSSR count). The van der Waals surface area contributed by atoms with Crippen LogP contribution >= 0.6 is 0 Å². The van der Waals surface area contributed by atoms with E-state index in [9.17, 15) is 38.4 Å². The largest absolute Gasteiger partial charge is 0.347 e. The van der Waals surface area contributed by atoms with Gasteiger partial charge in [0.25, 0.3) is 0 Å². The van der Waals surface area contributed by atoms with Gasteiger partial charge < -0.3 is 41.7 Å². The average molecular weight is 977 g/mol. The number of carbonyl (C=O) groups excluding carboxylic acids is 8. The molecule has 382 valence electrons. The molecule has 2 fully saturated rings. The third kappa shape index (κ3) is 13.0. The third-order valence-electron chi connectivity index (χ3n) is 14.9. The predicted octanol–water partition coefficient (Wildman–Crippen LogP) is 3.67. The number of ketones is 2. The normalized spacial score (nSPS) is 21.2. The Hall–Kier alpha value is -6.27. The maximum absolute atomic E-state index is 14.2. The van der Waals surface area contributed by atoms with Crippen molar-refractivity contribution in [2.24, 2.45) is 0 Å². The number of carbonyl (C=O) groups is 8. The summed E-state index contributed by atoms with van der Waals surface area (Å²) in [5, 5.41) is 24.7. The summed E-state index contributed by atoms with van der Waals surface area (Å²) in [4.78, 5) is 112. The van der Waals surface area contributed by atoms with Gasteiger partial charge in [-0.2, -0.15) is 5.10 Å². The molecule has 71 heavy (non-hydrogen) atoms. The number of likely N-dealkylation sites (N-methyl/N-ethyl adjacent to an activating group) is 2. The number of hydrogen-bond acceptors (Lipinski definition) is 11. The average Bonchev–Trinajstić information content (AvgIpc) is 4.20. The van der Waals surface area contributed by atoms with Crippen LogP contribution in [0.3, 0.4) is 0 Å². The van der Waals surface area contributed by atoms with Crippen molar-refractivity contribution in [1.82, 2.24) is 51.9 Å². The Bertz CT molecular complexity index is 2260. The SMILES string of the molecule is CN[C@@H](C)C(=O)N[C@@H](CCCC(=O)c1cc(C(=O)CCC[C@H](NC(=O)[C@H](C)NC)C(=O)N2CCC[C@H]2C(=O)N[C@@H]2CCCc3ccccc32)[nH]n1)C(=O)N1CCC[C@H]1C(=O)N[C@@H]1CCCc2ccccc21. The first-order valence-corrected chi connectivity index (χ1v) is 25.7. The number of hydrogen-bond donors (Lipinski definition) is 7. The minimum absolute atomic E-state index is 0.0138. The summed E-state index contributed by atoms with van der Waals surface area (Å²) >= 11 is 0. The number of H-pyrrole nitrogens is 1. The zero-order valence-electron chi connectivity index (χ0n) is 41.7. The summed E-state index contributed by atoms with van der Waals surface area (Å²) in [5.74, 6) is -2.67. The van der Waals surface area contributed by atoms with Crippen LogP contribution in [0.15, 0.2) is 54.6 Å². The van der Waals surface area contributed by atoms with Crippen molar-refractivity contribution < 1.29 is 38.4 Å². The lowest BCUT2D eigenvalue weighted by molar-refractivity contribution is -0.142. The van der Waals surface area contributed by atoms with Crippen LogP contribution in [0.5, 0.6) is 0 Å². The Morgan fingerprint density at radius 3 is 1.54 bits per heavy atom. The van der Waals surface area contributed by atoms with E-state index < -0.39 is 36.3 Å². The number of aryl methyl sites for hydroxylation is 2. The van der Waals surface area contributed by atoms with Crippen LogP contribution in [-0.2, 0) is 41.6 Å². The highest BCUT2D eigenvalue weighted by Gasteiger charge is 2.41. The van der Waals surface area contributed by atoms with Gasteiger partial charge in [0.2, 0.25) is 35.4 Å². The van der Waals surface area contributed by atoms with Crippen molar-refractivity contribution in [3.8, 4) is 0 Å². The summed E-state index contributed by atoms with van der Waals surface area (Å²) in [5.41, 5.74) is 4.78. The maximum Gasteiger partial charge on any atom is 0.245 e. The van der Waals surface area contributed by atoms with E-state index in [2.05, 4.69) is 54.2 Å². The number of benzene rings is 2. The minimum Gasteiger partial charge on any atom is -0.347 e. The highest BCUT2D eigenvalue weighted by atomic mass is 16.2. The fourth-order valence-corrected chi connectivity index (χ4v) is 10.5. The standard InChI is InChI=1S/C53H72N10O8/c1-32(54-3)48(66)58-40(52(70)62-29-13-25-44(62)50(68)56-38-21-9-17-34-15-5-7-19-36(34)38)23-11-27-46(64)42-31-43(61-60-42)47(65)28-12-24-41(59-49(67)33(2)55-4)53(71)63-30-14-26-45(63)51(69)57-39-22-10-18-35-16-6-8-20-37(35)39/h5-8,15-16,19-20,31-33,38-41,44-45,54-55H,9-14,17-18,21-30H2,1-4H3,(H,56,68)(H,57,69)(H,58,66)(H,59,67)(H,60,61)/t32-,33-,38+,39+,40-,41-,44-,45-/m0/s1. The van der Waals surface area contributed by atoms with E-state index in [1.807, 2.05) is 36.4 Å². The van der Waals surface area contributed by atoms with Gasteiger partial charge in [-0.1, -0.05) is 48.5 Å². The Balaban J connectivity index is 0.927. The van der Waals surface area contributed by atoms with Gasteiger partial charge in [-0.3, -0.25) is 43.5 Å². The Labute approximate surface area is 416 Å². The van der Waals surface area contributed by atoms with E-state index in [-0.39, 0.29) is 109 Å². The van der Waals surface area contributed by atoms with Gasteiger partial charge in [0, 0.05) is 25.9 Å². The van der Waals surface area contributed by atoms with E-state index >= 15 is 0 Å². The molecule has 1 aromatic heterocycles. The van der Waals surface area contributed by atoms with Crippen molar-refractivity contribution in [2.75, 3.05) is 27.2 Å². The summed E-state index contributed by atoms with van der Waals surface area (Å²) in [6, 6.07) is 12.8. The molecule has 2 aliphatic heterocycles. The lowest BCUT2D eigenvalue weighted by Gasteiger charge is -2.32. The molecular formula is C53H72N10O8. The summed E-state index contributed by atoms with van der Waals surface area (Å²) in [6.07, 6.45) is 8.36. The van der Waals surface area contributed by atoms with E-state index in [1.54, 1.807) is 37.7 Å². The van der Waals surface area contributed by atoms with Crippen molar-refractivity contribution in [3.63, 3.8) is 0 Å². The fourth-order valence-electron chi connectivity index (χ4n) is 10.5. The van der Waals surface area contributed by atoms with E-state index in [1.165, 1.54) is 17.2 Å². The van der Waals surface area contributed by atoms with Gasteiger partial charge in [0.05, 0.1) is 24.2 Å². The molecule has 2 saturated heterocycles. The highest BCUT2D eigenvalue weighted by Crippen LogP contribution is 2.32. The first kappa shape index (κ1) is 52.6. The molecule has 0 spiro atoms. The van der Waals surface area contributed by atoms with Gasteiger partial charge in [-0.15, -0.1) is 0 Å². The van der Waals surface area contributed by atoms with Crippen LogP contribution in [0.2, 0.25) is 0 Å². The first-order valence-electron chi connectivity index (χ1n) is 25.7. The molecule has 2 aromatic carbocycles. The van der Waals surface area contributed by atoms with Crippen LogP contribution in [0.25, 0.3) is 0 Å². The Kier molecular flexibility index (Phi) is 18.3. The number of Topliss-reactive ketones (excluding diaryl/α,β-unsaturated/α-hetero) is 2. The van der Waals surface area contributed by atoms with Crippen molar-refractivity contribution in [1.29, 1.82) is 0 Å². The second kappa shape index (κ2) is 24.7. The van der Waals surface area contributed by atoms with Crippen LogP contribution < -0.4 is 31.9 Å². The van der Waals surface area contributed by atoms with Gasteiger partial charge in [-0.25, -0.2) is 0 Å². The molecule has 8 atom stereocenters. The molecule has 0 bridgehead atoms. The number of nitrogens with zero attached hydrogens (tertiary/aromatic N) is 3. The molecule has 0 saturated carbocycles. The smallest absolute Gasteiger partial charge is 0.245 e. The van der Waals surface area contributed by atoms with Gasteiger partial charge in [-0.05, 0) is 146 Å². The molecule has 0 radical (unpaired) electrons. The Morgan fingerprint density at radius 2 is 1.07 bits per heavy atom. The van der Waals surface area contributed by atoms with E-state index in [4.69, 9.17) is 0 Å². The lowest BCUT2D eigenvalue weighted by Crippen LogP contribution is -2.55. The Morgan fingerprint density at radius 1 is 0.620 bits per heavy atom. The lowest BCUT2D eigenvalue weighted by atomic mass is 9.87. The molecule has 7 N–H and O–H groups in total. The van der Waals surface area contributed by atoms with Crippen molar-refractivity contribution >= 4 is 47.0 Å². The van der Waals surface area contributed by atoms with Crippen molar-refractivity contribution in [3.05, 3.63) is 88.2 Å². The third-order valence-corrected chi connectivity index (χ3v) is 14.9. The molecule has 0 unspecified atom stereocenters. The number of likely N-dealkylation sites (tertiary alicyclic amines) is 2. The number of rotatable bonds is 22. The fraction of sp³-hybridized carbons (Fsp3) is 0.566. The summed E-state index contributed by atoms with van der Waals surface area (Å²) < 4.78 is 0. The quantitative estimate of drug-likeness (QED) is 0.0717. The number of aromatic amines is 1. The molecule has 3 heterocycles. The van der Waals surface area contributed by atoms with Crippen LogP contribution in [0, 0.1) is 0 Å². The summed E-state index contributed by atoms with van der Waals surface area (Å²) in [7, 11) is 3.28. The molecule has 4 aliphatic rings.